The predicted octanol–water partition coefficient (Wildman–Crippen LogP) is 1.63. The van der Waals surface area contributed by atoms with Crippen LogP contribution in [0.25, 0.3) is 0 Å². The van der Waals surface area contributed by atoms with Crippen LogP contribution in [0.4, 0.5) is 0 Å². The molecule has 1 N–H and O–H groups in total. The fraction of sp³-hybridized carbons (Fsp3) is 0.571. The summed E-state index contributed by atoms with van der Waals surface area (Å²) in [5.41, 5.74) is 2.60. The molecule has 9 heavy (non-hydrogen) atoms. The van der Waals surface area contributed by atoms with Gasteiger partial charge in [0.25, 0.3) is 0 Å². The lowest BCUT2D eigenvalue weighted by Crippen LogP contribution is -2.18. The number of aromatic nitrogens is 2. The number of nitrogens with zero attached hydrogens (tertiary/aromatic N) is 1. The number of fused-ring (bicyclic) bond motifs is 1. The van der Waals surface area contributed by atoms with Crippen LogP contribution < -0.4 is 0 Å². The molecule has 1 aromatic rings. The molecule has 0 spiro atoms. The van der Waals surface area contributed by atoms with Crippen molar-refractivity contribution in [3.05, 3.63) is 17.7 Å². The van der Waals surface area contributed by atoms with Gasteiger partial charge < -0.3 is 4.98 Å². The molecule has 1 aliphatic rings. The molecular formula is C7H10N2. The molecule has 0 fully saturated rings. The third-order valence-electron chi connectivity index (χ3n) is 2.34. The number of hydrogen-bond donors (Lipinski definition) is 1. The molecule has 0 bridgehead atoms. The van der Waals surface area contributed by atoms with Crippen molar-refractivity contribution in [1.29, 1.82) is 0 Å². The lowest BCUT2D eigenvalue weighted by atomic mass is 9.77. The summed E-state index contributed by atoms with van der Waals surface area (Å²) in [7, 11) is 0. The van der Waals surface area contributed by atoms with E-state index in [2.05, 4.69) is 23.8 Å². The zero-order valence-corrected chi connectivity index (χ0v) is 5.68. The molecule has 0 saturated heterocycles. The largest absolute Gasteiger partial charge is 0.348 e. The number of imidazole rings is 1. The van der Waals surface area contributed by atoms with Crippen LogP contribution in [0.5, 0.6) is 0 Å². The van der Waals surface area contributed by atoms with E-state index < -0.39 is 0 Å². The van der Waals surface area contributed by atoms with Gasteiger partial charge >= 0.3 is 0 Å². The van der Waals surface area contributed by atoms with E-state index in [1.165, 1.54) is 11.4 Å². The Hall–Kier alpha value is -0.790. The SMILES string of the molecule is CC1c2nc[nH]c2C1C. The van der Waals surface area contributed by atoms with Crippen molar-refractivity contribution in [3.8, 4) is 0 Å². The maximum absolute atomic E-state index is 4.18. The molecule has 2 atom stereocenters. The molecule has 1 aromatic heterocycles. The van der Waals surface area contributed by atoms with Gasteiger partial charge in [0.2, 0.25) is 0 Å². The van der Waals surface area contributed by atoms with Crippen LogP contribution in [0.15, 0.2) is 6.33 Å². The van der Waals surface area contributed by atoms with Gasteiger partial charge in [0, 0.05) is 17.5 Å². The molecule has 1 heterocycles. The summed E-state index contributed by atoms with van der Waals surface area (Å²) in [5, 5.41) is 0. The predicted molar refractivity (Wildman–Crippen MR) is 35.4 cm³/mol. The topological polar surface area (TPSA) is 28.7 Å². The van der Waals surface area contributed by atoms with Gasteiger partial charge in [-0.05, 0) is 0 Å². The minimum absolute atomic E-state index is 0.672. The van der Waals surface area contributed by atoms with Gasteiger partial charge in [0.15, 0.2) is 0 Å². The summed E-state index contributed by atoms with van der Waals surface area (Å²) in [6, 6.07) is 0. The first kappa shape index (κ1) is 5.03. The fourth-order valence-corrected chi connectivity index (χ4v) is 1.43. The Morgan fingerprint density at radius 2 is 2.22 bits per heavy atom. The molecular weight excluding hydrogens is 112 g/mol. The number of H-pyrrole nitrogens is 1. The van der Waals surface area contributed by atoms with Crippen LogP contribution in [-0.2, 0) is 0 Å². The third kappa shape index (κ3) is 0.435. The monoisotopic (exact) mass is 122 g/mol. The van der Waals surface area contributed by atoms with Crippen LogP contribution in [0.2, 0.25) is 0 Å². The molecule has 48 valence electrons. The van der Waals surface area contributed by atoms with Crippen molar-refractivity contribution in [2.24, 2.45) is 0 Å². The Labute approximate surface area is 54.3 Å². The summed E-state index contributed by atoms with van der Waals surface area (Å²) in [6.45, 7) is 4.44. The van der Waals surface area contributed by atoms with Crippen molar-refractivity contribution in [3.63, 3.8) is 0 Å². The summed E-state index contributed by atoms with van der Waals surface area (Å²) >= 11 is 0. The van der Waals surface area contributed by atoms with Gasteiger partial charge in [0.05, 0.1) is 12.0 Å². The molecule has 2 unspecified atom stereocenters. The van der Waals surface area contributed by atoms with Crippen molar-refractivity contribution in [1.82, 2.24) is 9.97 Å². The van der Waals surface area contributed by atoms with E-state index in [1.807, 2.05) is 0 Å². The van der Waals surface area contributed by atoms with E-state index in [4.69, 9.17) is 0 Å². The van der Waals surface area contributed by atoms with Crippen molar-refractivity contribution >= 4 is 0 Å². The summed E-state index contributed by atoms with van der Waals surface area (Å²) in [5.74, 6) is 1.37. The minimum atomic E-state index is 0.672. The fourth-order valence-electron chi connectivity index (χ4n) is 1.43. The Morgan fingerprint density at radius 3 is 2.89 bits per heavy atom. The van der Waals surface area contributed by atoms with Crippen LogP contribution in [-0.4, -0.2) is 9.97 Å². The Morgan fingerprint density at radius 1 is 1.44 bits per heavy atom. The normalized spacial score (nSPS) is 31.3. The van der Waals surface area contributed by atoms with Gasteiger partial charge in [-0.3, -0.25) is 0 Å². The first-order valence-corrected chi connectivity index (χ1v) is 3.34. The zero-order chi connectivity index (χ0) is 6.43. The molecule has 1 aliphatic carbocycles. The Bertz CT molecular complexity index is 204. The second-order valence-corrected chi connectivity index (χ2v) is 2.78. The van der Waals surface area contributed by atoms with E-state index in [0.717, 1.165) is 0 Å². The minimum Gasteiger partial charge on any atom is -0.348 e. The molecule has 2 heteroatoms. The standard InChI is InChI=1S/C7H10N2/c1-4-5(2)7-6(4)8-3-9-7/h3-5H,1-2H3,(H,8,9). The number of nitrogens with one attached hydrogen (secondary N) is 1. The number of aromatic amines is 1. The molecule has 0 saturated carbocycles. The van der Waals surface area contributed by atoms with Crippen LogP contribution >= 0.6 is 0 Å². The van der Waals surface area contributed by atoms with Crippen LogP contribution in [0, 0.1) is 0 Å². The third-order valence-corrected chi connectivity index (χ3v) is 2.34. The molecule has 2 nitrogen and oxygen atoms in total. The number of hydrogen-bond acceptors (Lipinski definition) is 1. The van der Waals surface area contributed by atoms with E-state index in [0.29, 0.717) is 11.8 Å². The molecule has 2 rings (SSSR count). The highest BCUT2D eigenvalue weighted by Crippen LogP contribution is 2.42. The highest BCUT2D eigenvalue weighted by Gasteiger charge is 2.32. The van der Waals surface area contributed by atoms with E-state index in [1.54, 1.807) is 6.33 Å². The van der Waals surface area contributed by atoms with E-state index in [-0.39, 0.29) is 0 Å². The van der Waals surface area contributed by atoms with Crippen molar-refractivity contribution in [2.75, 3.05) is 0 Å². The first-order chi connectivity index (χ1) is 4.30. The molecule has 0 aromatic carbocycles. The number of rotatable bonds is 0. The van der Waals surface area contributed by atoms with E-state index >= 15 is 0 Å². The van der Waals surface area contributed by atoms with Gasteiger partial charge in [0.1, 0.15) is 0 Å². The van der Waals surface area contributed by atoms with Gasteiger partial charge in [-0.25, -0.2) is 4.98 Å². The molecule has 0 aliphatic heterocycles. The van der Waals surface area contributed by atoms with Crippen LogP contribution in [0.1, 0.15) is 37.1 Å². The lowest BCUT2D eigenvalue weighted by molar-refractivity contribution is 0.518. The lowest BCUT2D eigenvalue weighted by Gasteiger charge is -2.28. The Balaban J connectivity index is 2.50. The molecule has 0 radical (unpaired) electrons. The zero-order valence-electron chi connectivity index (χ0n) is 5.68. The van der Waals surface area contributed by atoms with E-state index in [9.17, 15) is 0 Å². The van der Waals surface area contributed by atoms with Gasteiger partial charge in [-0.15, -0.1) is 0 Å². The summed E-state index contributed by atoms with van der Waals surface area (Å²) < 4.78 is 0. The van der Waals surface area contributed by atoms with Gasteiger partial charge in [-0.1, -0.05) is 13.8 Å². The maximum atomic E-state index is 4.18. The molecule has 0 amide bonds. The van der Waals surface area contributed by atoms with Gasteiger partial charge in [-0.2, -0.15) is 0 Å². The van der Waals surface area contributed by atoms with Crippen LogP contribution in [0.3, 0.4) is 0 Å². The smallest absolute Gasteiger partial charge is 0.0925 e. The average Bonchev–Trinajstić information content (AvgIpc) is 2.30. The maximum Gasteiger partial charge on any atom is 0.0925 e. The van der Waals surface area contributed by atoms with Crippen molar-refractivity contribution < 1.29 is 0 Å². The average molecular weight is 122 g/mol. The summed E-state index contributed by atoms with van der Waals surface area (Å²) in [6.07, 6.45) is 1.78. The second kappa shape index (κ2) is 1.38. The highest BCUT2D eigenvalue weighted by molar-refractivity contribution is 5.32. The summed E-state index contributed by atoms with van der Waals surface area (Å²) in [4.78, 5) is 7.30. The van der Waals surface area contributed by atoms with Crippen molar-refractivity contribution in [2.45, 2.75) is 25.7 Å². The Kier molecular flexibility index (Phi) is 0.770. The first-order valence-electron chi connectivity index (χ1n) is 3.34. The quantitative estimate of drug-likeness (QED) is 0.556. The second-order valence-electron chi connectivity index (χ2n) is 2.78. The highest BCUT2D eigenvalue weighted by atomic mass is 14.9.